The maximum Gasteiger partial charge on any atom is 0.337 e. The van der Waals surface area contributed by atoms with Crippen molar-refractivity contribution in [1.82, 2.24) is 9.55 Å². The van der Waals surface area contributed by atoms with Gasteiger partial charge in [0.2, 0.25) is 5.95 Å². The van der Waals surface area contributed by atoms with Gasteiger partial charge < -0.3 is 15.0 Å². The molecule has 0 aliphatic carbocycles. The molecule has 3 aromatic rings. The minimum absolute atomic E-state index is 0.339. The lowest BCUT2D eigenvalue weighted by molar-refractivity contribution is 0.0600. The fourth-order valence-corrected chi connectivity index (χ4v) is 2.31. The zero-order valence-corrected chi connectivity index (χ0v) is 11.6. The van der Waals surface area contributed by atoms with Crippen molar-refractivity contribution in [2.45, 2.75) is 6.54 Å². The molecule has 0 saturated carbocycles. The molecule has 5 heteroatoms. The minimum atomic E-state index is -0.339. The van der Waals surface area contributed by atoms with Gasteiger partial charge in [-0.2, -0.15) is 0 Å². The molecule has 0 aliphatic rings. The molecule has 0 saturated heterocycles. The molecule has 0 bridgehead atoms. The third-order valence-corrected chi connectivity index (χ3v) is 3.40. The van der Waals surface area contributed by atoms with Crippen LogP contribution < -0.4 is 5.73 Å². The van der Waals surface area contributed by atoms with Crippen molar-refractivity contribution in [3.05, 3.63) is 59.7 Å². The molecule has 0 atom stereocenters. The highest BCUT2D eigenvalue weighted by molar-refractivity contribution is 5.89. The average molecular weight is 281 g/mol. The number of nitrogens with zero attached hydrogens (tertiary/aromatic N) is 2. The fraction of sp³-hybridized carbons (Fsp3) is 0.125. The lowest BCUT2D eigenvalue weighted by atomic mass is 10.1. The SMILES string of the molecule is COC(=O)c1ccc(Cn2c(N)nc3ccccc32)cc1. The Kier molecular flexibility index (Phi) is 3.31. The topological polar surface area (TPSA) is 70.1 Å². The molecule has 0 spiro atoms. The first kappa shape index (κ1) is 13.2. The molecule has 2 N–H and O–H groups in total. The summed E-state index contributed by atoms with van der Waals surface area (Å²) in [4.78, 5) is 15.7. The first-order valence-electron chi connectivity index (χ1n) is 6.57. The van der Waals surface area contributed by atoms with E-state index in [-0.39, 0.29) is 5.97 Å². The number of carbonyl (C=O) groups is 1. The van der Waals surface area contributed by atoms with Crippen LogP contribution in [0.4, 0.5) is 5.95 Å². The number of anilines is 1. The van der Waals surface area contributed by atoms with Crippen molar-refractivity contribution in [2.75, 3.05) is 12.8 Å². The van der Waals surface area contributed by atoms with E-state index in [0.717, 1.165) is 16.6 Å². The molecule has 3 rings (SSSR count). The summed E-state index contributed by atoms with van der Waals surface area (Å²) in [5.41, 5.74) is 9.42. The number of ether oxygens (including phenoxy) is 1. The number of esters is 1. The van der Waals surface area contributed by atoms with Crippen molar-refractivity contribution < 1.29 is 9.53 Å². The van der Waals surface area contributed by atoms with Gasteiger partial charge >= 0.3 is 5.97 Å². The number of para-hydroxylation sites is 2. The van der Waals surface area contributed by atoms with E-state index in [1.165, 1.54) is 7.11 Å². The first-order valence-corrected chi connectivity index (χ1v) is 6.57. The van der Waals surface area contributed by atoms with Crippen LogP contribution >= 0.6 is 0 Å². The van der Waals surface area contributed by atoms with Gasteiger partial charge in [0.1, 0.15) is 0 Å². The van der Waals surface area contributed by atoms with Gasteiger partial charge in [-0.1, -0.05) is 24.3 Å². The number of hydrogen-bond donors (Lipinski definition) is 1. The predicted octanol–water partition coefficient (Wildman–Crippen LogP) is 2.45. The van der Waals surface area contributed by atoms with Gasteiger partial charge in [-0.05, 0) is 29.8 Å². The smallest absolute Gasteiger partial charge is 0.337 e. The van der Waals surface area contributed by atoms with E-state index in [9.17, 15) is 4.79 Å². The molecule has 0 unspecified atom stereocenters. The number of nitrogens with two attached hydrogens (primary N) is 1. The van der Waals surface area contributed by atoms with E-state index in [1.807, 2.05) is 41.0 Å². The number of carbonyl (C=O) groups excluding carboxylic acids is 1. The molecule has 0 fully saturated rings. The Balaban J connectivity index is 1.92. The highest BCUT2D eigenvalue weighted by Crippen LogP contribution is 2.19. The molecular weight excluding hydrogens is 266 g/mol. The summed E-state index contributed by atoms with van der Waals surface area (Å²) < 4.78 is 6.63. The zero-order valence-electron chi connectivity index (χ0n) is 11.6. The van der Waals surface area contributed by atoms with E-state index in [1.54, 1.807) is 12.1 Å². The van der Waals surface area contributed by atoms with Gasteiger partial charge in [-0.25, -0.2) is 9.78 Å². The van der Waals surface area contributed by atoms with Crippen molar-refractivity contribution in [3.8, 4) is 0 Å². The molecule has 106 valence electrons. The molecule has 5 nitrogen and oxygen atoms in total. The monoisotopic (exact) mass is 281 g/mol. The van der Waals surface area contributed by atoms with E-state index >= 15 is 0 Å². The highest BCUT2D eigenvalue weighted by Gasteiger charge is 2.09. The Hall–Kier alpha value is -2.82. The van der Waals surface area contributed by atoms with E-state index in [4.69, 9.17) is 5.73 Å². The third-order valence-electron chi connectivity index (χ3n) is 3.40. The molecule has 0 amide bonds. The Morgan fingerprint density at radius 3 is 2.62 bits per heavy atom. The average Bonchev–Trinajstić information content (AvgIpc) is 2.83. The summed E-state index contributed by atoms with van der Waals surface area (Å²) in [5.74, 6) is 0.141. The molecule has 2 aromatic carbocycles. The second-order valence-corrected chi connectivity index (χ2v) is 4.73. The number of aromatic nitrogens is 2. The number of nitrogen functional groups attached to an aromatic ring is 1. The van der Waals surface area contributed by atoms with Gasteiger partial charge in [0, 0.05) is 0 Å². The van der Waals surface area contributed by atoms with Gasteiger partial charge in [-0.15, -0.1) is 0 Å². The Morgan fingerprint density at radius 1 is 1.19 bits per heavy atom. The van der Waals surface area contributed by atoms with Crippen LogP contribution in [-0.2, 0) is 11.3 Å². The van der Waals surface area contributed by atoms with E-state index in [2.05, 4.69) is 9.72 Å². The Bertz CT molecular complexity index is 791. The summed E-state index contributed by atoms with van der Waals surface area (Å²) in [5, 5.41) is 0. The van der Waals surface area contributed by atoms with Crippen LogP contribution in [0.2, 0.25) is 0 Å². The normalized spacial score (nSPS) is 10.7. The number of methoxy groups -OCH3 is 1. The van der Waals surface area contributed by atoms with Gasteiger partial charge in [0.05, 0.1) is 30.3 Å². The van der Waals surface area contributed by atoms with Crippen LogP contribution in [0.5, 0.6) is 0 Å². The summed E-state index contributed by atoms with van der Waals surface area (Å²) in [6.45, 7) is 0.605. The van der Waals surface area contributed by atoms with E-state index < -0.39 is 0 Å². The van der Waals surface area contributed by atoms with Crippen LogP contribution in [-0.4, -0.2) is 22.6 Å². The van der Waals surface area contributed by atoms with Crippen LogP contribution in [0.25, 0.3) is 11.0 Å². The van der Waals surface area contributed by atoms with Crippen LogP contribution in [0.3, 0.4) is 0 Å². The maximum absolute atomic E-state index is 11.4. The summed E-state index contributed by atoms with van der Waals surface area (Å²) >= 11 is 0. The molecule has 0 aliphatic heterocycles. The zero-order chi connectivity index (χ0) is 14.8. The molecule has 1 aromatic heterocycles. The molecule has 0 radical (unpaired) electrons. The maximum atomic E-state index is 11.4. The molecule has 21 heavy (non-hydrogen) atoms. The summed E-state index contributed by atoms with van der Waals surface area (Å²) in [7, 11) is 1.37. The lowest BCUT2D eigenvalue weighted by Crippen LogP contribution is -2.05. The Labute approximate surface area is 122 Å². The lowest BCUT2D eigenvalue weighted by Gasteiger charge is -2.07. The van der Waals surface area contributed by atoms with Crippen LogP contribution in [0, 0.1) is 0 Å². The quantitative estimate of drug-likeness (QED) is 0.749. The van der Waals surface area contributed by atoms with Gasteiger partial charge in [0.25, 0.3) is 0 Å². The third kappa shape index (κ3) is 2.45. The molecule has 1 heterocycles. The summed E-state index contributed by atoms with van der Waals surface area (Å²) in [6, 6.07) is 15.1. The van der Waals surface area contributed by atoms with Crippen molar-refractivity contribution in [1.29, 1.82) is 0 Å². The second kappa shape index (κ2) is 5.28. The number of rotatable bonds is 3. The largest absolute Gasteiger partial charge is 0.465 e. The van der Waals surface area contributed by atoms with Gasteiger partial charge in [-0.3, -0.25) is 0 Å². The number of benzene rings is 2. The standard InChI is InChI=1S/C16H15N3O2/c1-21-15(20)12-8-6-11(7-9-12)10-19-14-5-3-2-4-13(14)18-16(19)17/h2-9H,10H2,1H3,(H2,17,18). The number of imidazole rings is 1. The minimum Gasteiger partial charge on any atom is -0.465 e. The van der Waals surface area contributed by atoms with E-state index in [0.29, 0.717) is 18.1 Å². The highest BCUT2D eigenvalue weighted by atomic mass is 16.5. The van der Waals surface area contributed by atoms with Gasteiger partial charge in [0.15, 0.2) is 0 Å². The fourth-order valence-electron chi connectivity index (χ4n) is 2.31. The first-order chi connectivity index (χ1) is 10.2. The predicted molar refractivity (Wildman–Crippen MR) is 81.0 cm³/mol. The van der Waals surface area contributed by atoms with Crippen molar-refractivity contribution >= 4 is 23.0 Å². The van der Waals surface area contributed by atoms with Crippen LogP contribution in [0.1, 0.15) is 15.9 Å². The number of hydrogen-bond acceptors (Lipinski definition) is 4. The van der Waals surface area contributed by atoms with Crippen LogP contribution in [0.15, 0.2) is 48.5 Å². The van der Waals surface area contributed by atoms with Crippen molar-refractivity contribution in [3.63, 3.8) is 0 Å². The summed E-state index contributed by atoms with van der Waals surface area (Å²) in [6.07, 6.45) is 0. The second-order valence-electron chi connectivity index (χ2n) is 4.73. The number of fused-ring (bicyclic) bond motifs is 1. The Morgan fingerprint density at radius 2 is 1.90 bits per heavy atom. The molecular formula is C16H15N3O2. The van der Waals surface area contributed by atoms with Crippen molar-refractivity contribution in [2.24, 2.45) is 0 Å².